The van der Waals surface area contributed by atoms with Crippen LogP contribution in [0.3, 0.4) is 0 Å². The number of amides is 1. The van der Waals surface area contributed by atoms with Gasteiger partial charge in [0, 0.05) is 67.6 Å². The summed E-state index contributed by atoms with van der Waals surface area (Å²) < 4.78 is 11.6. The highest BCUT2D eigenvalue weighted by Gasteiger charge is 2.57. The minimum absolute atomic E-state index is 0.124. The molecule has 7 rings (SSSR count). The number of hydrogen-bond acceptors (Lipinski definition) is 11. The number of rotatable bonds is 19. The van der Waals surface area contributed by atoms with Gasteiger partial charge in [0.05, 0.1) is 39.0 Å². The molecule has 10 atom stereocenters. The number of aliphatic hydroxyl groups is 3. The van der Waals surface area contributed by atoms with Gasteiger partial charge in [0.15, 0.2) is 0 Å². The fraction of sp³-hybridized carbons (Fsp3) is 0.596. The lowest BCUT2D eigenvalue weighted by atomic mass is 9.44. The van der Waals surface area contributed by atoms with Crippen molar-refractivity contribution in [2.24, 2.45) is 29.1 Å². The molecule has 3 aromatic carbocycles. The second-order valence-electron chi connectivity index (χ2n) is 18.2. The van der Waals surface area contributed by atoms with Gasteiger partial charge in [0.25, 0.3) is 5.91 Å². The van der Waals surface area contributed by atoms with Crippen molar-refractivity contribution in [2.75, 3.05) is 66.6 Å². The first-order chi connectivity index (χ1) is 28.2. The summed E-state index contributed by atoms with van der Waals surface area (Å²) >= 11 is 0. The summed E-state index contributed by atoms with van der Waals surface area (Å²) in [4.78, 5) is 24.8. The number of aliphatic hydroxyl groups excluding tert-OH is 3. The average molecular weight is 816 g/mol. The van der Waals surface area contributed by atoms with Crippen LogP contribution in [0.25, 0.3) is 11.1 Å². The Hall–Kier alpha value is -3.59. The molecule has 4 aliphatic rings. The molecule has 3 aliphatic carbocycles. The van der Waals surface area contributed by atoms with Crippen molar-refractivity contribution in [1.82, 2.24) is 20.6 Å². The molecule has 12 nitrogen and oxygen atoms in total. The second kappa shape index (κ2) is 19.4. The number of fused-ring (bicyclic) bond motifs is 2. The minimum Gasteiger partial charge on any atom is -0.496 e. The van der Waals surface area contributed by atoms with E-state index in [9.17, 15) is 20.1 Å². The molecule has 0 spiro atoms. The number of carbonyl (C=O) groups is 1. The van der Waals surface area contributed by atoms with Crippen LogP contribution in [-0.2, 0) is 22.5 Å². The van der Waals surface area contributed by atoms with E-state index in [0.29, 0.717) is 60.6 Å². The number of anilines is 1. The number of hydroxylamine groups is 2. The molecule has 3 saturated carbocycles. The van der Waals surface area contributed by atoms with Crippen molar-refractivity contribution in [3.05, 3.63) is 83.4 Å². The van der Waals surface area contributed by atoms with Gasteiger partial charge in [0.1, 0.15) is 18.1 Å². The molecule has 3 aromatic rings. The SMILES string of the molecule is COCCN(C)c1cc(C(=O)N[C@@H](Cc2ccccc2)CN(C)C)cc(-c2cccc(CN3O[C@@H](CO)[C@@H]([C@H](C)O)[C@H]3C(O)N[C@H]3C[C@H]4C[C@@H]([C@@H]3C)C4(C)C)c2OC)c1. The predicted molar refractivity (Wildman–Crippen MR) is 232 cm³/mol. The van der Waals surface area contributed by atoms with Crippen molar-refractivity contribution in [3.8, 4) is 16.9 Å². The Bertz CT molecular complexity index is 1840. The zero-order valence-electron chi connectivity index (χ0n) is 36.6. The van der Waals surface area contributed by atoms with Gasteiger partial charge >= 0.3 is 0 Å². The first kappa shape index (κ1) is 44.9. The summed E-state index contributed by atoms with van der Waals surface area (Å²) in [5.41, 5.74) is 5.20. The zero-order valence-corrected chi connectivity index (χ0v) is 36.6. The first-order valence-corrected chi connectivity index (χ1v) is 21.3. The third kappa shape index (κ3) is 9.97. The van der Waals surface area contributed by atoms with Crippen LogP contribution < -0.4 is 20.3 Å². The Kier molecular flexibility index (Phi) is 14.8. The maximum Gasteiger partial charge on any atom is 0.251 e. The number of nitrogens with zero attached hydrogens (tertiary/aromatic N) is 3. The summed E-state index contributed by atoms with van der Waals surface area (Å²) in [6.07, 6.45) is 0.320. The quantitative estimate of drug-likeness (QED) is 0.107. The number of ether oxygens (including phenoxy) is 2. The summed E-state index contributed by atoms with van der Waals surface area (Å²) in [5, 5.41) is 42.1. The maximum absolute atomic E-state index is 14.2. The topological polar surface area (TPSA) is 139 Å². The van der Waals surface area contributed by atoms with Crippen LogP contribution in [0, 0.1) is 29.1 Å². The van der Waals surface area contributed by atoms with E-state index in [0.717, 1.165) is 34.4 Å². The molecule has 59 heavy (non-hydrogen) atoms. The summed E-state index contributed by atoms with van der Waals surface area (Å²) in [5.74, 6) is 1.44. The van der Waals surface area contributed by atoms with Crippen molar-refractivity contribution in [2.45, 2.75) is 90.1 Å². The lowest BCUT2D eigenvalue weighted by Gasteiger charge is -2.62. The predicted octanol–water partition coefficient (Wildman–Crippen LogP) is 4.80. The normalized spacial score (nSPS) is 26.6. The molecule has 12 heteroatoms. The van der Waals surface area contributed by atoms with E-state index in [1.807, 2.05) is 69.7 Å². The summed E-state index contributed by atoms with van der Waals surface area (Å²) in [6, 6.07) is 21.3. The van der Waals surface area contributed by atoms with Gasteiger partial charge < -0.3 is 39.9 Å². The number of nitrogens with one attached hydrogen (secondary N) is 2. The molecule has 1 heterocycles. The number of methoxy groups -OCH3 is 2. The standard InChI is InChI=1S/C47H69N5O7/c1-29-39-24-35(47(39,3)4)25-40(29)49-46(56)43-42(30(2)54)41(28-53)59-52(43)26-32-16-13-17-38(44(32)58-9)33-21-34(23-37(22-33)51(7)18-19-57-8)45(55)48-36(27-50(5)6)20-31-14-11-10-12-15-31/h10-17,21-23,29-30,35-36,39-43,46,49,53-54,56H,18-20,24-28H2,1-9H3,(H,48,55)/t29-,30-,35+,36-,39-,40-,41-,42+,43-,46?/m0/s1. The number of carbonyl (C=O) groups excluding carboxylic acids is 1. The van der Waals surface area contributed by atoms with Crippen LogP contribution in [0.5, 0.6) is 5.75 Å². The lowest BCUT2D eigenvalue weighted by Crippen LogP contribution is -2.63. The summed E-state index contributed by atoms with van der Waals surface area (Å²) in [7, 11) is 9.30. The Morgan fingerprint density at radius 1 is 1.03 bits per heavy atom. The molecule has 1 unspecified atom stereocenters. The van der Waals surface area contributed by atoms with Crippen molar-refractivity contribution in [1.29, 1.82) is 0 Å². The Labute approximate surface area is 351 Å². The molecule has 1 saturated heterocycles. The highest BCUT2D eigenvalue weighted by Crippen LogP contribution is 2.61. The molecular formula is C47H69N5O7. The van der Waals surface area contributed by atoms with Gasteiger partial charge in [0.2, 0.25) is 0 Å². The van der Waals surface area contributed by atoms with Gasteiger partial charge in [-0.2, -0.15) is 5.06 Å². The number of benzene rings is 3. The molecule has 1 amide bonds. The van der Waals surface area contributed by atoms with Gasteiger partial charge in [-0.25, -0.2) is 0 Å². The van der Waals surface area contributed by atoms with Crippen molar-refractivity contribution >= 4 is 11.6 Å². The third-order valence-electron chi connectivity index (χ3n) is 13.7. The van der Waals surface area contributed by atoms with Crippen LogP contribution in [-0.4, -0.2) is 129 Å². The molecule has 5 N–H and O–H groups in total. The van der Waals surface area contributed by atoms with Crippen LogP contribution in [0.4, 0.5) is 5.69 Å². The zero-order chi connectivity index (χ0) is 42.6. The number of hydrogen-bond donors (Lipinski definition) is 5. The Balaban J connectivity index is 1.31. The van der Waals surface area contributed by atoms with E-state index in [2.05, 4.69) is 59.4 Å². The fourth-order valence-electron chi connectivity index (χ4n) is 10.3. The van der Waals surface area contributed by atoms with E-state index in [4.69, 9.17) is 14.3 Å². The van der Waals surface area contributed by atoms with Gasteiger partial charge in [-0.3, -0.25) is 14.9 Å². The van der Waals surface area contributed by atoms with Crippen LogP contribution >= 0.6 is 0 Å². The van der Waals surface area contributed by atoms with E-state index in [1.54, 1.807) is 26.2 Å². The van der Waals surface area contributed by atoms with E-state index in [-0.39, 0.29) is 31.1 Å². The van der Waals surface area contributed by atoms with Gasteiger partial charge in [-0.1, -0.05) is 69.3 Å². The molecular weight excluding hydrogens is 747 g/mol. The smallest absolute Gasteiger partial charge is 0.251 e. The minimum atomic E-state index is -1.02. The number of likely N-dealkylation sites (N-methyl/N-ethyl adjacent to an activating group) is 2. The van der Waals surface area contributed by atoms with Gasteiger partial charge in [-0.15, -0.1) is 0 Å². The monoisotopic (exact) mass is 816 g/mol. The second-order valence-corrected chi connectivity index (χ2v) is 18.2. The maximum atomic E-state index is 14.2. The van der Waals surface area contributed by atoms with Crippen molar-refractivity contribution < 1.29 is 34.4 Å². The van der Waals surface area contributed by atoms with Crippen LogP contribution in [0.1, 0.15) is 62.0 Å². The molecule has 324 valence electrons. The average Bonchev–Trinajstić information content (AvgIpc) is 3.58. The van der Waals surface area contributed by atoms with Gasteiger partial charge in [-0.05, 0) is 92.8 Å². The molecule has 0 radical (unpaired) electrons. The summed E-state index contributed by atoms with van der Waals surface area (Å²) in [6.45, 7) is 10.4. The lowest BCUT2D eigenvalue weighted by molar-refractivity contribution is -0.195. The Morgan fingerprint density at radius 3 is 2.41 bits per heavy atom. The molecule has 4 fully saturated rings. The van der Waals surface area contributed by atoms with Crippen LogP contribution in [0.15, 0.2) is 66.7 Å². The third-order valence-corrected chi connectivity index (χ3v) is 13.7. The Morgan fingerprint density at radius 2 is 1.78 bits per heavy atom. The van der Waals surface area contributed by atoms with Crippen molar-refractivity contribution in [3.63, 3.8) is 0 Å². The first-order valence-electron chi connectivity index (χ1n) is 21.3. The molecule has 2 bridgehead atoms. The molecule has 1 aliphatic heterocycles. The van der Waals surface area contributed by atoms with Crippen LogP contribution in [0.2, 0.25) is 0 Å². The van der Waals surface area contributed by atoms with E-state index < -0.39 is 30.4 Å². The number of para-hydroxylation sites is 1. The largest absolute Gasteiger partial charge is 0.496 e. The highest BCUT2D eigenvalue weighted by molar-refractivity contribution is 5.97. The van der Waals surface area contributed by atoms with E-state index >= 15 is 0 Å². The molecule has 0 aromatic heterocycles. The highest BCUT2D eigenvalue weighted by atomic mass is 16.7. The fourth-order valence-corrected chi connectivity index (χ4v) is 10.3. The van der Waals surface area contributed by atoms with E-state index in [1.165, 1.54) is 6.42 Å².